The second-order valence-electron chi connectivity index (χ2n) is 2.68. The van der Waals surface area contributed by atoms with Crippen LogP contribution in [-0.4, -0.2) is 0 Å². The first kappa shape index (κ1) is 8.98. The Kier molecular flexibility index (Phi) is 4.33. The molecule has 2 nitrogen and oxygen atoms in total. The lowest BCUT2D eigenvalue weighted by Gasteiger charge is -2.12. The van der Waals surface area contributed by atoms with Crippen molar-refractivity contribution in [3.05, 3.63) is 0 Å². The van der Waals surface area contributed by atoms with Crippen molar-refractivity contribution in [2.75, 3.05) is 0 Å². The van der Waals surface area contributed by atoms with Gasteiger partial charge in [0.25, 0.3) is 0 Å². The number of nitrogens with zero attached hydrogens (tertiary/aromatic N) is 2. The number of nitriles is 2. The van der Waals surface area contributed by atoms with E-state index in [1.54, 1.807) is 0 Å². The molecule has 0 amide bonds. The Morgan fingerprint density at radius 3 is 1.50 bits per heavy atom. The molecular formula is C8H12N2. The SMILES string of the molecule is CC(CC#N)C(C)CC#N. The number of hydrogen-bond donors (Lipinski definition) is 0. The van der Waals surface area contributed by atoms with Gasteiger partial charge in [0.2, 0.25) is 0 Å². The summed E-state index contributed by atoms with van der Waals surface area (Å²) < 4.78 is 0. The lowest BCUT2D eigenvalue weighted by atomic mass is 9.91. The Labute approximate surface area is 62.1 Å². The first-order valence-electron chi connectivity index (χ1n) is 3.46. The molecule has 0 aromatic heterocycles. The minimum Gasteiger partial charge on any atom is -0.198 e. The molecule has 0 aliphatic heterocycles. The van der Waals surface area contributed by atoms with E-state index in [1.165, 1.54) is 0 Å². The van der Waals surface area contributed by atoms with Crippen molar-refractivity contribution in [3.63, 3.8) is 0 Å². The summed E-state index contributed by atoms with van der Waals surface area (Å²) in [5.74, 6) is 0.703. The molecule has 10 heavy (non-hydrogen) atoms. The first-order valence-corrected chi connectivity index (χ1v) is 3.46. The molecule has 0 heterocycles. The first-order chi connectivity index (χ1) is 4.72. The van der Waals surface area contributed by atoms with Gasteiger partial charge in [0, 0.05) is 12.8 Å². The normalized spacial score (nSPS) is 14.8. The van der Waals surface area contributed by atoms with Crippen molar-refractivity contribution in [1.82, 2.24) is 0 Å². The Bertz CT molecular complexity index is 141. The summed E-state index contributed by atoms with van der Waals surface area (Å²) in [6.45, 7) is 4.01. The zero-order valence-electron chi connectivity index (χ0n) is 6.46. The summed E-state index contributed by atoms with van der Waals surface area (Å²) in [6.07, 6.45) is 1.12. The van der Waals surface area contributed by atoms with Crippen LogP contribution < -0.4 is 0 Å². The second kappa shape index (κ2) is 4.82. The van der Waals surface area contributed by atoms with Gasteiger partial charge in [-0.3, -0.25) is 0 Å². The molecule has 0 fully saturated rings. The Morgan fingerprint density at radius 1 is 1.00 bits per heavy atom. The highest BCUT2D eigenvalue weighted by atomic mass is 14.3. The van der Waals surface area contributed by atoms with Crippen LogP contribution >= 0.6 is 0 Å². The molecular weight excluding hydrogens is 124 g/mol. The monoisotopic (exact) mass is 136 g/mol. The summed E-state index contributed by atoms with van der Waals surface area (Å²) in [4.78, 5) is 0. The van der Waals surface area contributed by atoms with E-state index in [1.807, 2.05) is 13.8 Å². The highest BCUT2D eigenvalue weighted by molar-refractivity contribution is 4.81. The maximum atomic E-state index is 8.32. The molecule has 0 aromatic rings. The summed E-state index contributed by atoms with van der Waals surface area (Å²) in [5.41, 5.74) is 0. The minimum absolute atomic E-state index is 0.352. The van der Waals surface area contributed by atoms with E-state index in [0.29, 0.717) is 24.7 Å². The predicted molar refractivity (Wildman–Crippen MR) is 38.8 cm³/mol. The summed E-state index contributed by atoms with van der Waals surface area (Å²) in [7, 11) is 0. The van der Waals surface area contributed by atoms with Crippen molar-refractivity contribution in [3.8, 4) is 12.1 Å². The molecule has 0 bridgehead atoms. The van der Waals surface area contributed by atoms with Crippen LogP contribution in [-0.2, 0) is 0 Å². The van der Waals surface area contributed by atoms with E-state index in [-0.39, 0.29) is 0 Å². The standard InChI is InChI=1S/C8H12N2/c1-7(3-5-9)8(2)4-6-10/h7-8H,3-4H2,1-2H3. The molecule has 2 heteroatoms. The van der Waals surface area contributed by atoms with Gasteiger partial charge in [-0.15, -0.1) is 0 Å². The van der Waals surface area contributed by atoms with Crippen molar-refractivity contribution in [1.29, 1.82) is 10.5 Å². The predicted octanol–water partition coefficient (Wildman–Crippen LogP) is 2.09. The van der Waals surface area contributed by atoms with Crippen LogP contribution in [0, 0.1) is 34.5 Å². The minimum atomic E-state index is 0.352. The van der Waals surface area contributed by atoms with Crippen LogP contribution in [0.3, 0.4) is 0 Å². The van der Waals surface area contributed by atoms with Crippen LogP contribution in [0.5, 0.6) is 0 Å². The van der Waals surface area contributed by atoms with Gasteiger partial charge in [0.15, 0.2) is 0 Å². The fourth-order valence-corrected chi connectivity index (χ4v) is 0.690. The average Bonchev–Trinajstić information content (AvgIpc) is 1.89. The summed E-state index contributed by atoms with van der Waals surface area (Å²) in [6, 6.07) is 4.19. The van der Waals surface area contributed by atoms with Gasteiger partial charge in [-0.25, -0.2) is 0 Å². The molecule has 0 aliphatic carbocycles. The van der Waals surface area contributed by atoms with E-state index < -0.39 is 0 Å². The van der Waals surface area contributed by atoms with Crippen molar-refractivity contribution in [2.45, 2.75) is 26.7 Å². The Morgan fingerprint density at radius 2 is 1.30 bits per heavy atom. The third kappa shape index (κ3) is 3.10. The molecule has 0 saturated heterocycles. The van der Waals surface area contributed by atoms with E-state index >= 15 is 0 Å². The van der Waals surface area contributed by atoms with Gasteiger partial charge in [-0.2, -0.15) is 10.5 Å². The summed E-state index contributed by atoms with van der Waals surface area (Å²) in [5, 5.41) is 16.6. The van der Waals surface area contributed by atoms with Gasteiger partial charge in [0.1, 0.15) is 0 Å². The molecule has 0 aliphatic rings. The molecule has 0 radical (unpaired) electrons. The summed E-state index contributed by atoms with van der Waals surface area (Å²) >= 11 is 0. The second-order valence-corrected chi connectivity index (χ2v) is 2.68. The molecule has 2 unspecified atom stereocenters. The molecule has 0 rings (SSSR count). The highest BCUT2D eigenvalue weighted by Gasteiger charge is 2.10. The number of rotatable bonds is 3. The van der Waals surface area contributed by atoms with Gasteiger partial charge in [-0.1, -0.05) is 13.8 Å². The zero-order valence-corrected chi connectivity index (χ0v) is 6.46. The van der Waals surface area contributed by atoms with E-state index in [9.17, 15) is 0 Å². The Balaban J connectivity index is 3.63. The van der Waals surface area contributed by atoms with Crippen molar-refractivity contribution >= 4 is 0 Å². The van der Waals surface area contributed by atoms with Crippen LogP contribution in [0.2, 0.25) is 0 Å². The third-order valence-corrected chi connectivity index (χ3v) is 1.80. The smallest absolute Gasteiger partial charge is 0.0624 e. The van der Waals surface area contributed by atoms with Crippen molar-refractivity contribution < 1.29 is 0 Å². The van der Waals surface area contributed by atoms with E-state index in [4.69, 9.17) is 10.5 Å². The van der Waals surface area contributed by atoms with Crippen LogP contribution in [0.15, 0.2) is 0 Å². The Hall–Kier alpha value is -1.02. The highest BCUT2D eigenvalue weighted by Crippen LogP contribution is 2.16. The average molecular weight is 136 g/mol. The fraction of sp³-hybridized carbons (Fsp3) is 0.750. The zero-order chi connectivity index (χ0) is 7.98. The quantitative estimate of drug-likeness (QED) is 0.596. The van der Waals surface area contributed by atoms with E-state index in [0.717, 1.165) is 0 Å². The van der Waals surface area contributed by atoms with Gasteiger partial charge in [-0.05, 0) is 11.8 Å². The van der Waals surface area contributed by atoms with Crippen molar-refractivity contribution in [2.24, 2.45) is 11.8 Å². The molecule has 0 saturated carbocycles. The fourth-order valence-electron chi connectivity index (χ4n) is 0.690. The van der Waals surface area contributed by atoms with Crippen LogP contribution in [0.4, 0.5) is 0 Å². The topological polar surface area (TPSA) is 47.6 Å². The maximum absolute atomic E-state index is 8.32. The number of hydrogen-bond acceptors (Lipinski definition) is 2. The van der Waals surface area contributed by atoms with Crippen LogP contribution in [0.25, 0.3) is 0 Å². The van der Waals surface area contributed by atoms with E-state index in [2.05, 4.69) is 12.1 Å². The molecule has 54 valence electrons. The molecule has 0 N–H and O–H groups in total. The van der Waals surface area contributed by atoms with Crippen LogP contribution in [0.1, 0.15) is 26.7 Å². The molecule has 2 atom stereocenters. The lowest BCUT2D eigenvalue weighted by Crippen LogP contribution is -2.05. The molecule has 0 aromatic carbocycles. The largest absolute Gasteiger partial charge is 0.198 e. The van der Waals surface area contributed by atoms with Gasteiger partial charge in [0.05, 0.1) is 12.1 Å². The lowest BCUT2D eigenvalue weighted by molar-refractivity contribution is 0.401. The van der Waals surface area contributed by atoms with Gasteiger partial charge < -0.3 is 0 Å². The van der Waals surface area contributed by atoms with Gasteiger partial charge >= 0.3 is 0 Å². The molecule has 0 spiro atoms. The maximum Gasteiger partial charge on any atom is 0.0624 e. The third-order valence-electron chi connectivity index (χ3n) is 1.80.